The number of carbonyl (C=O) groups excluding carboxylic acids is 1. The molecule has 1 atom stereocenters. The average Bonchev–Trinajstić information content (AvgIpc) is 1.63. The molecular weight excluding hydrogens is 127 g/mol. The third-order valence-corrected chi connectivity index (χ3v) is 0.521. The average molecular weight is 136 g/mol. The normalized spacial score (nSPS) is 12.3. The molecule has 0 aliphatic heterocycles. The SMILES string of the molecule is CCOC(=O)OC(C)F. The molecule has 0 aromatic heterocycles. The van der Waals surface area contributed by atoms with Crippen LogP contribution >= 0.6 is 0 Å². The lowest BCUT2D eigenvalue weighted by atomic mass is 10.8. The Labute approximate surface area is 52.8 Å². The van der Waals surface area contributed by atoms with Crippen molar-refractivity contribution in [2.75, 3.05) is 6.61 Å². The summed E-state index contributed by atoms with van der Waals surface area (Å²) in [4.78, 5) is 10.2. The van der Waals surface area contributed by atoms with E-state index in [4.69, 9.17) is 0 Å². The van der Waals surface area contributed by atoms with E-state index < -0.39 is 12.5 Å². The van der Waals surface area contributed by atoms with Crippen LogP contribution in [0, 0.1) is 0 Å². The van der Waals surface area contributed by atoms with Crippen molar-refractivity contribution in [2.45, 2.75) is 20.2 Å². The molecule has 0 saturated carbocycles. The fourth-order valence-corrected chi connectivity index (χ4v) is 0.284. The van der Waals surface area contributed by atoms with E-state index in [2.05, 4.69) is 9.47 Å². The van der Waals surface area contributed by atoms with Crippen LogP contribution in [0.1, 0.15) is 13.8 Å². The number of hydrogen-bond acceptors (Lipinski definition) is 3. The summed E-state index contributed by atoms with van der Waals surface area (Å²) < 4.78 is 20.0. The van der Waals surface area contributed by atoms with Crippen LogP contribution in [0.4, 0.5) is 9.18 Å². The van der Waals surface area contributed by atoms with Gasteiger partial charge >= 0.3 is 6.16 Å². The van der Waals surface area contributed by atoms with Crippen LogP contribution in [0.5, 0.6) is 0 Å². The summed E-state index contributed by atoms with van der Waals surface area (Å²) in [5.41, 5.74) is 0. The Balaban J connectivity index is 3.27. The molecule has 0 spiro atoms. The highest BCUT2D eigenvalue weighted by Gasteiger charge is 2.05. The van der Waals surface area contributed by atoms with Crippen LogP contribution in [0.15, 0.2) is 0 Å². The largest absolute Gasteiger partial charge is 0.510 e. The van der Waals surface area contributed by atoms with Gasteiger partial charge in [-0.25, -0.2) is 9.18 Å². The van der Waals surface area contributed by atoms with Crippen molar-refractivity contribution in [2.24, 2.45) is 0 Å². The van der Waals surface area contributed by atoms with E-state index in [1.807, 2.05) is 0 Å². The van der Waals surface area contributed by atoms with Gasteiger partial charge in [0.1, 0.15) is 0 Å². The lowest BCUT2D eigenvalue weighted by Crippen LogP contribution is -2.11. The molecule has 0 heterocycles. The Morgan fingerprint density at radius 1 is 1.78 bits per heavy atom. The zero-order valence-corrected chi connectivity index (χ0v) is 5.39. The van der Waals surface area contributed by atoms with Crippen LogP contribution < -0.4 is 0 Å². The standard InChI is InChI=1S/C5H9FO3/c1-3-8-5(7)9-4(2)6/h4H,3H2,1-2H3. The molecule has 0 N–H and O–H groups in total. The molecule has 0 amide bonds. The third kappa shape index (κ3) is 5.06. The van der Waals surface area contributed by atoms with Crippen molar-refractivity contribution >= 4 is 6.16 Å². The quantitative estimate of drug-likeness (QED) is 0.539. The van der Waals surface area contributed by atoms with Gasteiger partial charge in [-0.3, -0.25) is 0 Å². The lowest BCUT2D eigenvalue weighted by Gasteiger charge is -2.02. The maximum Gasteiger partial charge on any atom is 0.510 e. The second-order valence-corrected chi connectivity index (χ2v) is 1.34. The predicted molar refractivity (Wildman–Crippen MR) is 28.7 cm³/mol. The van der Waals surface area contributed by atoms with Crippen LogP contribution in [-0.4, -0.2) is 19.1 Å². The summed E-state index contributed by atoms with van der Waals surface area (Å²) in [6, 6.07) is 0. The molecule has 54 valence electrons. The molecular formula is C5H9FO3. The molecule has 1 unspecified atom stereocenters. The maximum atomic E-state index is 11.8. The van der Waals surface area contributed by atoms with Crippen molar-refractivity contribution in [3.63, 3.8) is 0 Å². The van der Waals surface area contributed by atoms with Crippen LogP contribution in [0.3, 0.4) is 0 Å². The number of rotatable bonds is 2. The minimum Gasteiger partial charge on any atom is -0.435 e. The van der Waals surface area contributed by atoms with Crippen LogP contribution in [-0.2, 0) is 9.47 Å². The Bertz CT molecular complexity index is 92.2. The van der Waals surface area contributed by atoms with Crippen molar-refractivity contribution in [1.82, 2.24) is 0 Å². The number of hydrogen-bond donors (Lipinski definition) is 0. The molecule has 0 fully saturated rings. The van der Waals surface area contributed by atoms with Gasteiger partial charge in [0.2, 0.25) is 6.36 Å². The van der Waals surface area contributed by atoms with Crippen molar-refractivity contribution in [1.29, 1.82) is 0 Å². The summed E-state index contributed by atoms with van der Waals surface area (Å²) in [6.45, 7) is 2.92. The van der Waals surface area contributed by atoms with Gasteiger partial charge in [-0.2, -0.15) is 0 Å². The molecule has 0 aromatic rings. The van der Waals surface area contributed by atoms with Gasteiger partial charge < -0.3 is 9.47 Å². The van der Waals surface area contributed by atoms with Crippen LogP contribution in [0.2, 0.25) is 0 Å². The summed E-state index contributed by atoms with van der Waals surface area (Å²) in [7, 11) is 0. The number of ether oxygens (including phenoxy) is 2. The van der Waals surface area contributed by atoms with Gasteiger partial charge in [0, 0.05) is 6.92 Å². The first-order valence-corrected chi connectivity index (χ1v) is 2.64. The Morgan fingerprint density at radius 3 is 2.67 bits per heavy atom. The van der Waals surface area contributed by atoms with E-state index >= 15 is 0 Å². The molecule has 0 radical (unpaired) electrons. The molecule has 3 nitrogen and oxygen atoms in total. The van der Waals surface area contributed by atoms with Crippen molar-refractivity contribution < 1.29 is 18.7 Å². The summed E-state index contributed by atoms with van der Waals surface area (Å²) >= 11 is 0. The van der Waals surface area contributed by atoms with E-state index in [0.717, 1.165) is 6.92 Å². The lowest BCUT2D eigenvalue weighted by molar-refractivity contribution is -0.0191. The van der Waals surface area contributed by atoms with Gasteiger partial charge in [-0.05, 0) is 6.92 Å². The summed E-state index contributed by atoms with van der Waals surface area (Å²) in [5.74, 6) is 0. The highest BCUT2D eigenvalue weighted by Crippen LogP contribution is 1.93. The van der Waals surface area contributed by atoms with Crippen LogP contribution in [0.25, 0.3) is 0 Å². The second-order valence-electron chi connectivity index (χ2n) is 1.34. The van der Waals surface area contributed by atoms with Gasteiger partial charge in [0.05, 0.1) is 6.61 Å². The molecule has 0 aromatic carbocycles. The molecule has 9 heavy (non-hydrogen) atoms. The smallest absolute Gasteiger partial charge is 0.435 e. The molecule has 0 aliphatic carbocycles. The fraction of sp³-hybridized carbons (Fsp3) is 0.800. The first-order valence-electron chi connectivity index (χ1n) is 2.64. The van der Waals surface area contributed by atoms with E-state index in [9.17, 15) is 9.18 Å². The first-order chi connectivity index (χ1) is 4.16. The molecule has 0 aliphatic rings. The number of halogens is 1. The van der Waals surface area contributed by atoms with Gasteiger partial charge in [-0.1, -0.05) is 0 Å². The minimum absolute atomic E-state index is 0.200. The van der Waals surface area contributed by atoms with Crippen molar-refractivity contribution in [3.05, 3.63) is 0 Å². The molecule has 0 bridgehead atoms. The van der Waals surface area contributed by atoms with E-state index in [-0.39, 0.29) is 6.61 Å². The predicted octanol–water partition coefficient (Wildman–Crippen LogP) is 1.48. The topological polar surface area (TPSA) is 35.5 Å². The van der Waals surface area contributed by atoms with Gasteiger partial charge in [0.15, 0.2) is 0 Å². The monoisotopic (exact) mass is 136 g/mol. The van der Waals surface area contributed by atoms with E-state index in [1.54, 1.807) is 6.92 Å². The van der Waals surface area contributed by atoms with Crippen molar-refractivity contribution in [3.8, 4) is 0 Å². The first kappa shape index (κ1) is 8.20. The Hall–Kier alpha value is -0.800. The second kappa shape index (κ2) is 4.12. The van der Waals surface area contributed by atoms with Gasteiger partial charge in [0.25, 0.3) is 0 Å². The molecule has 0 saturated heterocycles. The van der Waals surface area contributed by atoms with Gasteiger partial charge in [-0.15, -0.1) is 0 Å². The highest BCUT2D eigenvalue weighted by molar-refractivity contribution is 5.59. The molecule has 0 rings (SSSR count). The van der Waals surface area contributed by atoms with E-state index in [0.29, 0.717) is 0 Å². The summed E-state index contributed by atoms with van der Waals surface area (Å²) in [5, 5.41) is 0. The maximum absolute atomic E-state index is 11.8. The molecule has 4 heteroatoms. The minimum atomic E-state index is -1.59. The number of alkyl halides is 1. The third-order valence-electron chi connectivity index (χ3n) is 0.521. The fourth-order valence-electron chi connectivity index (χ4n) is 0.284. The zero-order valence-electron chi connectivity index (χ0n) is 5.39. The summed E-state index contributed by atoms with van der Waals surface area (Å²) in [6.07, 6.45) is -2.56. The van der Waals surface area contributed by atoms with E-state index in [1.165, 1.54) is 0 Å². The Kier molecular flexibility index (Phi) is 3.75. The zero-order chi connectivity index (χ0) is 7.28. The Morgan fingerprint density at radius 2 is 2.33 bits per heavy atom. The number of carbonyl (C=O) groups is 1. The highest BCUT2D eigenvalue weighted by atomic mass is 19.1.